The van der Waals surface area contributed by atoms with Crippen LogP contribution in [0.1, 0.15) is 31.5 Å². The van der Waals surface area contributed by atoms with Gasteiger partial charge in [0.25, 0.3) is 0 Å². The lowest BCUT2D eigenvalue weighted by Crippen LogP contribution is -2.15. The van der Waals surface area contributed by atoms with Crippen molar-refractivity contribution < 1.29 is 0 Å². The maximum absolute atomic E-state index is 8.93. The number of nitrogens with one attached hydrogen (secondary N) is 1. The van der Waals surface area contributed by atoms with Gasteiger partial charge in [-0.1, -0.05) is 6.92 Å². The summed E-state index contributed by atoms with van der Waals surface area (Å²) in [7, 11) is 0. The van der Waals surface area contributed by atoms with Crippen LogP contribution in [0.2, 0.25) is 0 Å². The molecule has 0 fully saturated rings. The number of aromatic nitrogens is 1. The van der Waals surface area contributed by atoms with Crippen LogP contribution in [0.15, 0.2) is 5.38 Å². The minimum Gasteiger partial charge on any atom is -0.311 e. The fourth-order valence-electron chi connectivity index (χ4n) is 0.976. The molecule has 0 atom stereocenters. The van der Waals surface area contributed by atoms with Crippen LogP contribution in [0, 0.1) is 11.3 Å². The second kappa shape index (κ2) is 4.54. The van der Waals surface area contributed by atoms with Crippen molar-refractivity contribution in [3.63, 3.8) is 0 Å². The lowest BCUT2D eigenvalue weighted by atomic mass is 9.97. The second-order valence-electron chi connectivity index (χ2n) is 3.66. The molecular weight excluding hydrogens is 194 g/mol. The molecule has 0 saturated carbocycles. The number of nitrogens with zero attached hydrogens (tertiary/aromatic N) is 2. The van der Waals surface area contributed by atoms with E-state index in [0.717, 1.165) is 23.8 Å². The van der Waals surface area contributed by atoms with E-state index in [9.17, 15) is 0 Å². The fraction of sp³-hybridized carbons (Fsp3) is 0.600. The third kappa shape index (κ3) is 2.53. The summed E-state index contributed by atoms with van der Waals surface area (Å²) in [6.07, 6.45) is 0. The Morgan fingerprint density at radius 1 is 1.64 bits per heavy atom. The lowest BCUT2D eigenvalue weighted by Gasteiger charge is -2.09. The van der Waals surface area contributed by atoms with E-state index in [2.05, 4.69) is 23.3 Å². The maximum Gasteiger partial charge on any atom is 0.113 e. The van der Waals surface area contributed by atoms with Crippen LogP contribution >= 0.6 is 11.3 Å². The van der Waals surface area contributed by atoms with Gasteiger partial charge in [-0.2, -0.15) is 5.26 Å². The molecule has 0 aliphatic rings. The lowest BCUT2D eigenvalue weighted by molar-refractivity contribution is 0.663. The van der Waals surface area contributed by atoms with Gasteiger partial charge in [-0.25, -0.2) is 4.98 Å². The van der Waals surface area contributed by atoms with E-state index in [1.54, 1.807) is 11.3 Å². The standard InChI is InChI=1S/C10H15N3S/c1-4-12-5-8-6-14-9(13-8)10(2,3)7-11/h6,12H,4-5H2,1-3H3. The average Bonchev–Trinajstić information content (AvgIpc) is 2.63. The Hall–Kier alpha value is -0.920. The third-order valence-corrected chi connectivity index (χ3v) is 3.14. The van der Waals surface area contributed by atoms with Crippen LogP contribution in [-0.4, -0.2) is 11.5 Å². The summed E-state index contributed by atoms with van der Waals surface area (Å²) < 4.78 is 0. The van der Waals surface area contributed by atoms with Gasteiger partial charge in [-0.3, -0.25) is 0 Å². The van der Waals surface area contributed by atoms with Crippen LogP contribution in [0.4, 0.5) is 0 Å². The average molecular weight is 209 g/mol. The van der Waals surface area contributed by atoms with Gasteiger partial charge >= 0.3 is 0 Å². The Balaban J connectivity index is 2.74. The number of hydrogen-bond donors (Lipinski definition) is 1. The van der Waals surface area contributed by atoms with Gasteiger partial charge in [0.05, 0.1) is 11.8 Å². The zero-order chi connectivity index (χ0) is 10.6. The quantitative estimate of drug-likeness (QED) is 0.825. The molecule has 14 heavy (non-hydrogen) atoms. The largest absolute Gasteiger partial charge is 0.311 e. The van der Waals surface area contributed by atoms with Gasteiger partial charge in [0.2, 0.25) is 0 Å². The van der Waals surface area contributed by atoms with Gasteiger partial charge < -0.3 is 5.32 Å². The highest BCUT2D eigenvalue weighted by Crippen LogP contribution is 2.25. The van der Waals surface area contributed by atoms with Crippen molar-refractivity contribution in [1.82, 2.24) is 10.3 Å². The molecule has 1 rings (SSSR count). The van der Waals surface area contributed by atoms with E-state index in [1.165, 1.54) is 0 Å². The molecule has 0 aliphatic heterocycles. The molecule has 3 nitrogen and oxygen atoms in total. The Morgan fingerprint density at radius 2 is 2.36 bits per heavy atom. The number of nitriles is 1. The molecule has 0 bridgehead atoms. The molecule has 0 saturated heterocycles. The zero-order valence-corrected chi connectivity index (χ0v) is 9.61. The van der Waals surface area contributed by atoms with Gasteiger partial charge in [-0.15, -0.1) is 11.3 Å². The minimum atomic E-state index is -0.463. The highest BCUT2D eigenvalue weighted by molar-refractivity contribution is 7.09. The molecule has 1 N–H and O–H groups in total. The van der Waals surface area contributed by atoms with E-state index in [-0.39, 0.29) is 0 Å². The SMILES string of the molecule is CCNCc1csc(C(C)(C)C#N)n1. The number of hydrogen-bond acceptors (Lipinski definition) is 4. The smallest absolute Gasteiger partial charge is 0.113 e. The monoisotopic (exact) mass is 209 g/mol. The molecule has 1 aromatic rings. The summed E-state index contributed by atoms with van der Waals surface area (Å²) in [5, 5.41) is 15.0. The predicted molar refractivity (Wildman–Crippen MR) is 58.1 cm³/mol. The minimum absolute atomic E-state index is 0.463. The van der Waals surface area contributed by atoms with Crippen molar-refractivity contribution in [2.24, 2.45) is 0 Å². The highest BCUT2D eigenvalue weighted by atomic mass is 32.1. The van der Waals surface area contributed by atoms with E-state index in [0.29, 0.717) is 0 Å². The van der Waals surface area contributed by atoms with Crippen LogP contribution in [0.25, 0.3) is 0 Å². The summed E-state index contributed by atoms with van der Waals surface area (Å²) in [6.45, 7) is 7.57. The first-order chi connectivity index (χ1) is 6.60. The van der Waals surface area contributed by atoms with Gasteiger partial charge in [0.1, 0.15) is 10.4 Å². The Morgan fingerprint density at radius 3 is 2.93 bits per heavy atom. The Labute approximate surface area is 88.8 Å². The summed E-state index contributed by atoms with van der Waals surface area (Å²) in [6, 6.07) is 2.25. The summed E-state index contributed by atoms with van der Waals surface area (Å²) in [5.74, 6) is 0. The number of rotatable bonds is 4. The summed E-state index contributed by atoms with van der Waals surface area (Å²) >= 11 is 1.56. The molecule has 0 aromatic carbocycles. The topological polar surface area (TPSA) is 48.7 Å². The molecular formula is C10H15N3S. The molecule has 76 valence electrons. The van der Waals surface area contributed by atoms with Crippen molar-refractivity contribution in [3.05, 3.63) is 16.1 Å². The van der Waals surface area contributed by atoms with Crippen molar-refractivity contribution in [3.8, 4) is 6.07 Å². The van der Waals surface area contributed by atoms with Crippen LogP contribution in [0.3, 0.4) is 0 Å². The first-order valence-corrected chi connectivity index (χ1v) is 5.55. The molecule has 0 radical (unpaired) electrons. The van der Waals surface area contributed by atoms with Crippen molar-refractivity contribution in [2.75, 3.05) is 6.54 Å². The summed E-state index contributed by atoms with van der Waals surface area (Å²) in [5.41, 5.74) is 0.560. The third-order valence-electron chi connectivity index (χ3n) is 1.92. The Bertz CT molecular complexity index is 335. The first kappa shape index (κ1) is 11.2. The predicted octanol–water partition coefficient (Wildman–Crippen LogP) is 2.05. The van der Waals surface area contributed by atoms with Gasteiger partial charge in [0, 0.05) is 11.9 Å². The molecule has 0 aliphatic carbocycles. The molecule has 4 heteroatoms. The first-order valence-electron chi connectivity index (χ1n) is 4.67. The van der Waals surface area contributed by atoms with E-state index in [4.69, 9.17) is 5.26 Å². The van der Waals surface area contributed by atoms with Crippen molar-refractivity contribution in [1.29, 1.82) is 5.26 Å². The molecule has 0 unspecified atom stereocenters. The zero-order valence-electron chi connectivity index (χ0n) is 8.79. The normalized spacial score (nSPS) is 11.3. The van der Waals surface area contributed by atoms with Crippen LogP contribution in [-0.2, 0) is 12.0 Å². The van der Waals surface area contributed by atoms with Crippen LogP contribution in [0.5, 0.6) is 0 Å². The maximum atomic E-state index is 8.93. The van der Waals surface area contributed by atoms with E-state index < -0.39 is 5.41 Å². The van der Waals surface area contributed by atoms with E-state index >= 15 is 0 Å². The molecule has 0 amide bonds. The highest BCUT2D eigenvalue weighted by Gasteiger charge is 2.23. The molecule has 1 heterocycles. The second-order valence-corrected chi connectivity index (χ2v) is 4.52. The number of thiazole rings is 1. The Kier molecular flexibility index (Phi) is 3.62. The summed E-state index contributed by atoms with van der Waals surface area (Å²) in [4.78, 5) is 4.42. The van der Waals surface area contributed by atoms with Crippen molar-refractivity contribution >= 4 is 11.3 Å². The van der Waals surface area contributed by atoms with Crippen molar-refractivity contribution in [2.45, 2.75) is 32.7 Å². The van der Waals surface area contributed by atoms with Crippen LogP contribution < -0.4 is 5.32 Å². The van der Waals surface area contributed by atoms with Gasteiger partial charge in [0.15, 0.2) is 0 Å². The van der Waals surface area contributed by atoms with E-state index in [1.807, 2.05) is 19.2 Å². The fourth-order valence-corrected chi connectivity index (χ4v) is 1.87. The molecule has 1 aromatic heterocycles. The van der Waals surface area contributed by atoms with Gasteiger partial charge in [-0.05, 0) is 20.4 Å². The molecule has 0 spiro atoms.